The Kier molecular flexibility index (Phi) is 6.97. The maximum atomic E-state index is 12.2. The third-order valence-corrected chi connectivity index (χ3v) is 4.20. The number of hydrogen-bond donors (Lipinski definition) is 2. The lowest BCUT2D eigenvalue weighted by Gasteiger charge is -2.18. The van der Waals surface area contributed by atoms with Crippen molar-refractivity contribution in [2.45, 2.75) is 33.5 Å². The Morgan fingerprint density at radius 1 is 1.00 bits per heavy atom. The van der Waals surface area contributed by atoms with Crippen molar-refractivity contribution in [3.63, 3.8) is 0 Å². The predicted octanol–water partition coefficient (Wildman–Crippen LogP) is 2.92. The zero-order chi connectivity index (χ0) is 17.4. The molecule has 128 valence electrons. The molecule has 2 aromatic rings. The lowest BCUT2D eigenvalue weighted by molar-refractivity contribution is 0.0951. The highest BCUT2D eigenvalue weighted by Gasteiger charge is 2.06. The van der Waals surface area contributed by atoms with Crippen LogP contribution in [0, 0.1) is 0 Å². The van der Waals surface area contributed by atoms with E-state index in [0.717, 1.165) is 30.8 Å². The Hall–Kier alpha value is -2.17. The molecule has 0 atom stereocenters. The molecule has 1 amide bonds. The first-order chi connectivity index (χ1) is 11.7. The first kappa shape index (κ1) is 18.2. The SMILES string of the molecule is CCN(CC)Cc1cccc(CNC(=O)c2ccc(CN)cc2)c1. The van der Waals surface area contributed by atoms with Crippen molar-refractivity contribution in [2.24, 2.45) is 5.73 Å². The highest BCUT2D eigenvalue weighted by molar-refractivity contribution is 5.94. The van der Waals surface area contributed by atoms with Gasteiger partial charge in [-0.05, 0) is 41.9 Å². The van der Waals surface area contributed by atoms with Gasteiger partial charge in [-0.3, -0.25) is 9.69 Å². The number of hydrogen-bond acceptors (Lipinski definition) is 3. The van der Waals surface area contributed by atoms with Gasteiger partial charge in [0.2, 0.25) is 0 Å². The summed E-state index contributed by atoms with van der Waals surface area (Å²) in [7, 11) is 0. The fourth-order valence-corrected chi connectivity index (χ4v) is 2.62. The van der Waals surface area contributed by atoms with E-state index in [2.05, 4.69) is 42.3 Å². The van der Waals surface area contributed by atoms with E-state index < -0.39 is 0 Å². The minimum atomic E-state index is -0.0623. The smallest absolute Gasteiger partial charge is 0.251 e. The molecule has 2 aromatic carbocycles. The van der Waals surface area contributed by atoms with Gasteiger partial charge in [0.25, 0.3) is 5.91 Å². The Balaban J connectivity index is 1.94. The zero-order valence-corrected chi connectivity index (χ0v) is 14.6. The molecule has 0 radical (unpaired) electrons. The number of rotatable bonds is 8. The summed E-state index contributed by atoms with van der Waals surface area (Å²) in [5, 5.41) is 2.98. The molecule has 0 bridgehead atoms. The van der Waals surface area contributed by atoms with E-state index in [1.807, 2.05) is 30.3 Å². The van der Waals surface area contributed by atoms with E-state index in [9.17, 15) is 4.79 Å². The maximum absolute atomic E-state index is 12.2. The molecule has 4 heteroatoms. The summed E-state index contributed by atoms with van der Waals surface area (Å²) < 4.78 is 0. The summed E-state index contributed by atoms with van der Waals surface area (Å²) >= 11 is 0. The van der Waals surface area contributed by atoms with Crippen LogP contribution in [-0.4, -0.2) is 23.9 Å². The second-order valence-corrected chi connectivity index (χ2v) is 5.87. The van der Waals surface area contributed by atoms with Crippen molar-refractivity contribution in [1.82, 2.24) is 10.2 Å². The van der Waals surface area contributed by atoms with Gasteiger partial charge in [0.15, 0.2) is 0 Å². The monoisotopic (exact) mass is 325 g/mol. The molecule has 0 heterocycles. The predicted molar refractivity (Wildman–Crippen MR) is 98.6 cm³/mol. The number of nitrogens with two attached hydrogens (primary N) is 1. The Labute approximate surface area is 144 Å². The summed E-state index contributed by atoms with van der Waals surface area (Å²) in [6, 6.07) is 15.8. The molecule has 0 aliphatic heterocycles. The third kappa shape index (κ3) is 5.18. The van der Waals surface area contributed by atoms with Gasteiger partial charge >= 0.3 is 0 Å². The van der Waals surface area contributed by atoms with Gasteiger partial charge in [-0.2, -0.15) is 0 Å². The Bertz CT molecular complexity index is 648. The standard InChI is InChI=1S/C20H27N3O/c1-3-23(4-2)15-18-7-5-6-17(12-18)14-22-20(24)19-10-8-16(13-21)9-11-19/h5-12H,3-4,13-15,21H2,1-2H3,(H,22,24). The molecule has 3 N–H and O–H groups in total. The van der Waals surface area contributed by atoms with Crippen molar-refractivity contribution >= 4 is 5.91 Å². The second-order valence-electron chi connectivity index (χ2n) is 5.87. The lowest BCUT2D eigenvalue weighted by Crippen LogP contribution is -2.24. The molecular weight excluding hydrogens is 298 g/mol. The zero-order valence-electron chi connectivity index (χ0n) is 14.6. The number of carbonyl (C=O) groups excluding carboxylic acids is 1. The van der Waals surface area contributed by atoms with Gasteiger partial charge < -0.3 is 11.1 Å². The molecule has 0 spiro atoms. The maximum Gasteiger partial charge on any atom is 0.251 e. The first-order valence-electron chi connectivity index (χ1n) is 8.53. The van der Waals surface area contributed by atoms with E-state index in [1.165, 1.54) is 5.56 Å². The summed E-state index contributed by atoms with van der Waals surface area (Å²) in [6.45, 7) is 8.37. The molecular formula is C20H27N3O. The summed E-state index contributed by atoms with van der Waals surface area (Å²) in [5.74, 6) is -0.0623. The average molecular weight is 325 g/mol. The van der Waals surface area contributed by atoms with Crippen LogP contribution < -0.4 is 11.1 Å². The third-order valence-electron chi connectivity index (χ3n) is 4.20. The molecule has 0 saturated carbocycles. The molecule has 24 heavy (non-hydrogen) atoms. The summed E-state index contributed by atoms with van der Waals surface area (Å²) in [5.41, 5.74) is 9.65. The van der Waals surface area contributed by atoms with Crippen molar-refractivity contribution < 1.29 is 4.79 Å². The van der Waals surface area contributed by atoms with Crippen LogP contribution in [0.4, 0.5) is 0 Å². The molecule has 4 nitrogen and oxygen atoms in total. The molecule has 2 rings (SSSR count). The summed E-state index contributed by atoms with van der Waals surface area (Å²) in [6.07, 6.45) is 0. The Morgan fingerprint density at radius 2 is 1.67 bits per heavy atom. The molecule has 0 aromatic heterocycles. The molecule has 0 aliphatic carbocycles. The normalized spacial score (nSPS) is 10.8. The molecule has 0 unspecified atom stereocenters. The van der Waals surface area contributed by atoms with Gasteiger partial charge in [0, 0.05) is 25.2 Å². The average Bonchev–Trinajstić information content (AvgIpc) is 2.64. The van der Waals surface area contributed by atoms with Crippen molar-refractivity contribution in [1.29, 1.82) is 0 Å². The topological polar surface area (TPSA) is 58.4 Å². The van der Waals surface area contributed by atoms with Crippen molar-refractivity contribution in [3.05, 3.63) is 70.8 Å². The van der Waals surface area contributed by atoms with Crippen LogP contribution in [0.5, 0.6) is 0 Å². The second kappa shape index (κ2) is 9.21. The molecule has 0 aliphatic rings. The van der Waals surface area contributed by atoms with Crippen LogP contribution >= 0.6 is 0 Å². The van der Waals surface area contributed by atoms with Gasteiger partial charge in [0.1, 0.15) is 0 Å². The van der Waals surface area contributed by atoms with Gasteiger partial charge in [-0.15, -0.1) is 0 Å². The number of carbonyl (C=O) groups is 1. The van der Waals surface area contributed by atoms with E-state index in [4.69, 9.17) is 5.73 Å². The first-order valence-corrected chi connectivity index (χ1v) is 8.53. The summed E-state index contributed by atoms with van der Waals surface area (Å²) in [4.78, 5) is 14.6. The highest BCUT2D eigenvalue weighted by Crippen LogP contribution is 2.09. The minimum Gasteiger partial charge on any atom is -0.348 e. The van der Waals surface area contributed by atoms with Gasteiger partial charge in [-0.1, -0.05) is 50.2 Å². The van der Waals surface area contributed by atoms with Crippen LogP contribution in [-0.2, 0) is 19.6 Å². The van der Waals surface area contributed by atoms with Gasteiger partial charge in [0.05, 0.1) is 0 Å². The molecule has 0 saturated heterocycles. The van der Waals surface area contributed by atoms with Crippen LogP contribution in [0.1, 0.15) is 40.9 Å². The fraction of sp³-hybridized carbons (Fsp3) is 0.350. The van der Waals surface area contributed by atoms with Gasteiger partial charge in [-0.25, -0.2) is 0 Å². The van der Waals surface area contributed by atoms with Crippen LogP contribution in [0.25, 0.3) is 0 Å². The highest BCUT2D eigenvalue weighted by atomic mass is 16.1. The number of benzene rings is 2. The minimum absolute atomic E-state index is 0.0623. The fourth-order valence-electron chi connectivity index (χ4n) is 2.62. The number of nitrogens with zero attached hydrogens (tertiary/aromatic N) is 1. The van der Waals surface area contributed by atoms with Crippen molar-refractivity contribution in [2.75, 3.05) is 13.1 Å². The van der Waals surface area contributed by atoms with Crippen LogP contribution in [0.3, 0.4) is 0 Å². The number of nitrogens with one attached hydrogen (secondary N) is 1. The van der Waals surface area contributed by atoms with Crippen molar-refractivity contribution in [3.8, 4) is 0 Å². The lowest BCUT2D eigenvalue weighted by atomic mass is 10.1. The number of amides is 1. The largest absolute Gasteiger partial charge is 0.348 e. The quantitative estimate of drug-likeness (QED) is 0.784. The van der Waals surface area contributed by atoms with Crippen LogP contribution in [0.15, 0.2) is 48.5 Å². The molecule has 0 fully saturated rings. The van der Waals surface area contributed by atoms with E-state index >= 15 is 0 Å². The Morgan fingerprint density at radius 3 is 2.29 bits per heavy atom. The van der Waals surface area contributed by atoms with E-state index in [-0.39, 0.29) is 5.91 Å². The van der Waals surface area contributed by atoms with Crippen LogP contribution in [0.2, 0.25) is 0 Å². The van der Waals surface area contributed by atoms with E-state index in [0.29, 0.717) is 18.7 Å². The van der Waals surface area contributed by atoms with E-state index in [1.54, 1.807) is 0 Å².